The van der Waals surface area contributed by atoms with E-state index < -0.39 is 0 Å². The molecule has 1 unspecified atom stereocenters. The summed E-state index contributed by atoms with van der Waals surface area (Å²) in [6.45, 7) is 7.73. The Kier molecular flexibility index (Phi) is 5.09. The van der Waals surface area contributed by atoms with Gasteiger partial charge in [0.1, 0.15) is 0 Å². The molecule has 0 spiro atoms. The number of aromatic nitrogens is 3. The van der Waals surface area contributed by atoms with Gasteiger partial charge in [-0.15, -0.1) is 0 Å². The van der Waals surface area contributed by atoms with Crippen molar-refractivity contribution < 1.29 is 5.11 Å². The zero-order valence-electron chi connectivity index (χ0n) is 12.9. The average Bonchev–Trinajstić information content (AvgIpc) is 2.86. The van der Waals surface area contributed by atoms with Crippen LogP contribution in [0.4, 0.5) is 0 Å². The van der Waals surface area contributed by atoms with E-state index >= 15 is 0 Å². The van der Waals surface area contributed by atoms with Crippen molar-refractivity contribution in [2.45, 2.75) is 39.8 Å². The second kappa shape index (κ2) is 6.83. The second-order valence-electron chi connectivity index (χ2n) is 6.33. The highest BCUT2D eigenvalue weighted by molar-refractivity contribution is 5.61. The molecule has 0 aliphatic heterocycles. The van der Waals surface area contributed by atoms with Crippen molar-refractivity contribution >= 4 is 0 Å². The third kappa shape index (κ3) is 4.65. The lowest BCUT2D eigenvalue weighted by Gasteiger charge is -2.26. The Morgan fingerprint density at radius 2 is 2.19 bits per heavy atom. The zero-order valence-corrected chi connectivity index (χ0v) is 12.9. The van der Waals surface area contributed by atoms with Gasteiger partial charge in [-0.3, -0.25) is 10.1 Å². The van der Waals surface area contributed by atoms with Crippen LogP contribution in [-0.4, -0.2) is 32.9 Å². The Labute approximate surface area is 125 Å². The minimum Gasteiger partial charge on any atom is -0.393 e. The number of H-pyrrole nitrogens is 1. The van der Waals surface area contributed by atoms with Crippen LogP contribution in [0.25, 0.3) is 11.3 Å². The van der Waals surface area contributed by atoms with Crippen LogP contribution in [0, 0.1) is 5.41 Å². The summed E-state index contributed by atoms with van der Waals surface area (Å²) < 4.78 is 0. The molecule has 114 valence electrons. The Bertz CT molecular complexity index is 548. The summed E-state index contributed by atoms with van der Waals surface area (Å²) in [4.78, 5) is 4.14. The van der Waals surface area contributed by atoms with Gasteiger partial charge in [-0.25, -0.2) is 0 Å². The van der Waals surface area contributed by atoms with E-state index in [4.69, 9.17) is 0 Å². The molecule has 0 aromatic carbocycles. The summed E-state index contributed by atoms with van der Waals surface area (Å²) in [6, 6.07) is 3.93. The van der Waals surface area contributed by atoms with Gasteiger partial charge >= 0.3 is 0 Å². The number of aromatic amines is 1. The molecular weight excluding hydrogens is 264 g/mol. The minimum atomic E-state index is -0.276. The average molecular weight is 288 g/mol. The van der Waals surface area contributed by atoms with Gasteiger partial charge in [0.2, 0.25) is 0 Å². The van der Waals surface area contributed by atoms with Gasteiger partial charge in [0, 0.05) is 36.6 Å². The number of aliphatic hydroxyl groups excluding tert-OH is 1. The summed E-state index contributed by atoms with van der Waals surface area (Å²) in [7, 11) is 0. The summed E-state index contributed by atoms with van der Waals surface area (Å²) in [6.07, 6.45) is 5.93. The van der Waals surface area contributed by atoms with E-state index in [1.807, 2.05) is 31.5 Å². The molecule has 21 heavy (non-hydrogen) atoms. The fourth-order valence-corrected chi connectivity index (χ4v) is 2.61. The topological polar surface area (TPSA) is 73.8 Å². The third-order valence-corrected chi connectivity index (χ3v) is 3.44. The first kappa shape index (κ1) is 15.7. The van der Waals surface area contributed by atoms with Crippen LogP contribution in [0.1, 0.15) is 32.8 Å². The molecule has 0 fully saturated rings. The van der Waals surface area contributed by atoms with E-state index in [1.54, 1.807) is 6.20 Å². The Balaban J connectivity index is 1.95. The van der Waals surface area contributed by atoms with Crippen LogP contribution in [0.15, 0.2) is 30.7 Å². The van der Waals surface area contributed by atoms with Crippen molar-refractivity contribution in [3.05, 3.63) is 36.3 Å². The molecule has 0 saturated carbocycles. The van der Waals surface area contributed by atoms with Crippen molar-refractivity contribution in [2.75, 3.05) is 6.54 Å². The number of nitrogens with zero attached hydrogens (tertiary/aromatic N) is 2. The van der Waals surface area contributed by atoms with Crippen LogP contribution >= 0.6 is 0 Å². The zero-order chi connectivity index (χ0) is 15.3. The molecule has 5 nitrogen and oxygen atoms in total. The van der Waals surface area contributed by atoms with Crippen LogP contribution in [0.3, 0.4) is 0 Å². The van der Waals surface area contributed by atoms with Crippen LogP contribution in [0.5, 0.6) is 0 Å². The Morgan fingerprint density at radius 3 is 2.86 bits per heavy atom. The summed E-state index contributed by atoms with van der Waals surface area (Å²) in [5.41, 5.74) is 3.22. The number of pyridine rings is 1. The number of aliphatic hydroxyl groups is 1. The smallest absolute Gasteiger partial charge is 0.0710 e. The molecule has 0 aliphatic carbocycles. The molecule has 3 N–H and O–H groups in total. The number of rotatable bonds is 7. The molecule has 0 radical (unpaired) electrons. The van der Waals surface area contributed by atoms with Gasteiger partial charge in [0.15, 0.2) is 0 Å². The summed E-state index contributed by atoms with van der Waals surface area (Å²) in [5, 5.41) is 20.1. The summed E-state index contributed by atoms with van der Waals surface area (Å²) >= 11 is 0. The molecule has 0 aliphatic rings. The monoisotopic (exact) mass is 288 g/mol. The first-order valence-corrected chi connectivity index (χ1v) is 7.29. The molecule has 0 amide bonds. The summed E-state index contributed by atoms with van der Waals surface area (Å²) in [5.74, 6) is 0. The van der Waals surface area contributed by atoms with Crippen molar-refractivity contribution in [3.63, 3.8) is 0 Å². The Hall–Kier alpha value is -1.72. The van der Waals surface area contributed by atoms with E-state index in [9.17, 15) is 5.11 Å². The third-order valence-electron chi connectivity index (χ3n) is 3.44. The van der Waals surface area contributed by atoms with Crippen molar-refractivity contribution in [1.82, 2.24) is 20.5 Å². The van der Waals surface area contributed by atoms with Gasteiger partial charge in [-0.2, -0.15) is 5.10 Å². The highest BCUT2D eigenvalue weighted by Gasteiger charge is 2.20. The van der Waals surface area contributed by atoms with Crippen molar-refractivity contribution in [3.8, 4) is 11.3 Å². The lowest BCUT2D eigenvalue weighted by molar-refractivity contribution is 0.128. The highest BCUT2D eigenvalue weighted by atomic mass is 16.3. The van der Waals surface area contributed by atoms with Crippen molar-refractivity contribution in [1.29, 1.82) is 0 Å². The molecule has 2 heterocycles. The lowest BCUT2D eigenvalue weighted by atomic mass is 9.87. The Morgan fingerprint density at radius 1 is 1.38 bits per heavy atom. The van der Waals surface area contributed by atoms with E-state index in [2.05, 4.69) is 34.3 Å². The van der Waals surface area contributed by atoms with E-state index in [0.717, 1.165) is 36.3 Å². The number of hydrogen-bond acceptors (Lipinski definition) is 4. The van der Waals surface area contributed by atoms with Gasteiger partial charge in [-0.1, -0.05) is 13.8 Å². The molecule has 5 heteroatoms. The fraction of sp³-hybridized carbons (Fsp3) is 0.500. The molecule has 0 saturated heterocycles. The maximum atomic E-state index is 9.51. The standard InChI is InChI=1S/C16H24N4O/c1-12(21)7-16(2,3)11-18-9-14-10-19-20-15(14)13-5-4-6-17-8-13/h4-6,8,10,12,18,21H,7,9,11H2,1-3H3,(H,19,20). The highest BCUT2D eigenvalue weighted by Crippen LogP contribution is 2.22. The molecule has 2 rings (SSSR count). The van der Waals surface area contributed by atoms with E-state index in [1.165, 1.54) is 0 Å². The SMILES string of the molecule is CC(O)CC(C)(C)CNCc1cn[nH]c1-c1cccnc1. The molecule has 2 aromatic heterocycles. The van der Waals surface area contributed by atoms with Crippen LogP contribution in [0.2, 0.25) is 0 Å². The first-order valence-electron chi connectivity index (χ1n) is 7.29. The van der Waals surface area contributed by atoms with Crippen molar-refractivity contribution in [2.24, 2.45) is 5.41 Å². The minimum absolute atomic E-state index is 0.0619. The number of nitrogens with one attached hydrogen (secondary N) is 2. The first-order chi connectivity index (χ1) is 9.98. The second-order valence-corrected chi connectivity index (χ2v) is 6.33. The van der Waals surface area contributed by atoms with Crippen LogP contribution in [-0.2, 0) is 6.54 Å². The van der Waals surface area contributed by atoms with E-state index in [0.29, 0.717) is 0 Å². The normalized spacial score (nSPS) is 13.3. The largest absolute Gasteiger partial charge is 0.393 e. The number of hydrogen-bond donors (Lipinski definition) is 3. The fourth-order valence-electron chi connectivity index (χ4n) is 2.61. The molecule has 1 atom stereocenters. The van der Waals surface area contributed by atoms with Gasteiger partial charge in [0.05, 0.1) is 18.0 Å². The van der Waals surface area contributed by atoms with E-state index in [-0.39, 0.29) is 11.5 Å². The molecule has 0 bridgehead atoms. The molecular formula is C16H24N4O. The van der Waals surface area contributed by atoms with Crippen LogP contribution < -0.4 is 5.32 Å². The predicted octanol–water partition coefficient (Wildman–Crippen LogP) is 2.36. The molecule has 2 aromatic rings. The maximum absolute atomic E-state index is 9.51. The lowest BCUT2D eigenvalue weighted by Crippen LogP contribution is -2.31. The van der Waals surface area contributed by atoms with Gasteiger partial charge < -0.3 is 10.4 Å². The maximum Gasteiger partial charge on any atom is 0.0710 e. The quantitative estimate of drug-likeness (QED) is 0.731. The predicted molar refractivity (Wildman–Crippen MR) is 83.6 cm³/mol. The van der Waals surface area contributed by atoms with Gasteiger partial charge in [0.25, 0.3) is 0 Å². The van der Waals surface area contributed by atoms with Gasteiger partial charge in [-0.05, 0) is 30.9 Å².